The molecule has 0 unspecified atom stereocenters. The van der Waals surface area contributed by atoms with E-state index in [9.17, 15) is 17.6 Å². The number of hydrogen-bond donors (Lipinski definition) is 2. The fraction of sp³-hybridized carbons (Fsp3) is 0.400. The Bertz CT molecular complexity index is 379. The van der Waals surface area contributed by atoms with E-state index in [4.69, 9.17) is 10.8 Å². The molecule has 0 bridgehead atoms. The Morgan fingerprint density at radius 2 is 1.94 bits per heavy atom. The monoisotopic (exact) mass is 289 g/mol. The minimum absolute atomic E-state index is 0. The minimum atomic E-state index is -4.55. The third-order valence-electron chi connectivity index (χ3n) is 1.99. The van der Waals surface area contributed by atoms with Crippen molar-refractivity contribution >= 4 is 12.4 Å². The molecule has 0 radical (unpaired) electrons. The van der Waals surface area contributed by atoms with Crippen LogP contribution in [-0.2, 0) is 0 Å². The molecule has 0 saturated carbocycles. The molecule has 0 aromatic heterocycles. The van der Waals surface area contributed by atoms with Gasteiger partial charge in [0.25, 0.3) is 0 Å². The summed E-state index contributed by atoms with van der Waals surface area (Å²) < 4.78 is 52.8. The minimum Gasteiger partial charge on any atom is -0.428 e. The van der Waals surface area contributed by atoms with Crippen LogP contribution in [0.3, 0.4) is 0 Å². The van der Waals surface area contributed by atoms with Crippen molar-refractivity contribution in [2.24, 2.45) is 5.73 Å². The van der Waals surface area contributed by atoms with Gasteiger partial charge >= 0.3 is 12.5 Å². The van der Waals surface area contributed by atoms with Gasteiger partial charge in [-0.05, 0) is 17.7 Å². The summed E-state index contributed by atoms with van der Waals surface area (Å²) in [7, 11) is 0. The highest BCUT2D eigenvalue weighted by Gasteiger charge is 2.43. The van der Waals surface area contributed by atoms with E-state index in [2.05, 4.69) is 4.74 Å². The SMILES string of the molecule is Cl.N[C@H](CO)c1cccc(OC(F)(F)C(F)F)c1. The summed E-state index contributed by atoms with van der Waals surface area (Å²) in [6, 6.07) is 4.19. The first-order valence-corrected chi connectivity index (χ1v) is 4.68. The summed E-state index contributed by atoms with van der Waals surface area (Å²) in [6.45, 7) is -0.394. The number of hydrogen-bond acceptors (Lipinski definition) is 3. The molecule has 0 heterocycles. The van der Waals surface area contributed by atoms with Crippen LogP contribution in [0.1, 0.15) is 11.6 Å². The van der Waals surface area contributed by atoms with Crippen LogP contribution in [0.4, 0.5) is 17.6 Å². The van der Waals surface area contributed by atoms with E-state index in [0.29, 0.717) is 5.56 Å². The molecule has 104 valence electrons. The number of nitrogens with two attached hydrogens (primary N) is 1. The van der Waals surface area contributed by atoms with E-state index < -0.39 is 30.9 Å². The average Bonchev–Trinajstić information content (AvgIpc) is 2.27. The summed E-state index contributed by atoms with van der Waals surface area (Å²) >= 11 is 0. The molecule has 0 aliphatic heterocycles. The molecule has 0 aliphatic carbocycles. The fourth-order valence-electron chi connectivity index (χ4n) is 1.12. The second-order valence-electron chi connectivity index (χ2n) is 3.33. The number of ether oxygens (including phenoxy) is 1. The maximum atomic E-state index is 12.6. The third kappa shape index (κ3) is 4.32. The average molecular weight is 290 g/mol. The second kappa shape index (κ2) is 6.77. The molecule has 8 heteroatoms. The van der Waals surface area contributed by atoms with Gasteiger partial charge in [0, 0.05) is 0 Å². The first kappa shape index (κ1) is 16.9. The molecule has 0 saturated heterocycles. The van der Waals surface area contributed by atoms with Gasteiger partial charge in [-0.15, -0.1) is 12.4 Å². The number of benzene rings is 1. The number of alkyl halides is 4. The predicted octanol–water partition coefficient (Wildman–Crippen LogP) is 2.34. The highest BCUT2D eigenvalue weighted by molar-refractivity contribution is 5.85. The van der Waals surface area contributed by atoms with Crippen molar-refractivity contribution in [3.05, 3.63) is 29.8 Å². The van der Waals surface area contributed by atoms with Crippen LogP contribution in [-0.4, -0.2) is 24.2 Å². The van der Waals surface area contributed by atoms with Gasteiger partial charge in [-0.3, -0.25) is 0 Å². The Morgan fingerprint density at radius 1 is 1.33 bits per heavy atom. The van der Waals surface area contributed by atoms with Crippen LogP contribution in [0.5, 0.6) is 5.75 Å². The molecular weight excluding hydrogens is 278 g/mol. The lowest BCUT2D eigenvalue weighted by Gasteiger charge is -2.18. The maximum absolute atomic E-state index is 12.6. The van der Waals surface area contributed by atoms with E-state index >= 15 is 0 Å². The van der Waals surface area contributed by atoms with E-state index in [1.807, 2.05) is 0 Å². The fourth-order valence-corrected chi connectivity index (χ4v) is 1.12. The predicted molar refractivity (Wildman–Crippen MR) is 59.3 cm³/mol. The molecule has 3 nitrogen and oxygen atoms in total. The van der Waals surface area contributed by atoms with Crippen molar-refractivity contribution < 1.29 is 27.4 Å². The van der Waals surface area contributed by atoms with Crippen LogP contribution in [0.25, 0.3) is 0 Å². The number of halogens is 5. The van der Waals surface area contributed by atoms with Crippen molar-refractivity contribution in [2.45, 2.75) is 18.6 Å². The smallest absolute Gasteiger partial charge is 0.428 e. The van der Waals surface area contributed by atoms with Gasteiger partial charge < -0.3 is 15.6 Å². The molecule has 0 amide bonds. The molecule has 1 atom stereocenters. The van der Waals surface area contributed by atoms with Crippen molar-refractivity contribution in [1.29, 1.82) is 0 Å². The molecule has 1 rings (SSSR count). The number of rotatable bonds is 5. The molecule has 1 aromatic rings. The molecular formula is C10H12ClF4NO2. The van der Waals surface area contributed by atoms with Gasteiger partial charge in [0.1, 0.15) is 5.75 Å². The van der Waals surface area contributed by atoms with E-state index in [-0.39, 0.29) is 12.4 Å². The first-order chi connectivity index (χ1) is 7.86. The molecule has 0 spiro atoms. The molecule has 1 aromatic carbocycles. The van der Waals surface area contributed by atoms with Crippen molar-refractivity contribution in [3.8, 4) is 5.75 Å². The Balaban J connectivity index is 0.00000289. The van der Waals surface area contributed by atoms with Gasteiger partial charge in [-0.2, -0.15) is 17.6 Å². The Morgan fingerprint density at radius 3 is 2.44 bits per heavy atom. The third-order valence-corrected chi connectivity index (χ3v) is 1.99. The van der Waals surface area contributed by atoms with Crippen LogP contribution >= 0.6 is 12.4 Å². The van der Waals surface area contributed by atoms with Gasteiger partial charge in [-0.25, -0.2) is 0 Å². The number of aliphatic hydroxyl groups is 1. The van der Waals surface area contributed by atoms with E-state index in [1.54, 1.807) is 0 Å². The van der Waals surface area contributed by atoms with Gasteiger partial charge in [0.2, 0.25) is 0 Å². The summed E-state index contributed by atoms with van der Waals surface area (Å²) in [5.74, 6) is -0.434. The Kier molecular flexibility index (Phi) is 6.37. The molecule has 3 N–H and O–H groups in total. The van der Waals surface area contributed by atoms with Crippen LogP contribution in [0, 0.1) is 0 Å². The van der Waals surface area contributed by atoms with Crippen LogP contribution < -0.4 is 10.5 Å². The molecule has 0 aliphatic rings. The van der Waals surface area contributed by atoms with Gasteiger partial charge in [0.05, 0.1) is 12.6 Å². The van der Waals surface area contributed by atoms with E-state index in [0.717, 1.165) is 12.1 Å². The summed E-state index contributed by atoms with van der Waals surface area (Å²) in [5, 5.41) is 8.77. The first-order valence-electron chi connectivity index (χ1n) is 4.68. The standard InChI is InChI=1S/C10H11F4NO2.ClH/c11-9(12)10(13,14)17-7-3-1-2-6(4-7)8(15)5-16;/h1-4,8-9,16H,5,15H2;1H/t8-;/m1./s1. The lowest BCUT2D eigenvalue weighted by Crippen LogP contribution is -2.33. The topological polar surface area (TPSA) is 55.5 Å². The largest absolute Gasteiger partial charge is 0.461 e. The summed E-state index contributed by atoms with van der Waals surface area (Å²) in [6.07, 6.45) is -8.47. The Labute approximate surface area is 107 Å². The Hall–Kier alpha value is -1.05. The summed E-state index contributed by atoms with van der Waals surface area (Å²) in [4.78, 5) is 0. The lowest BCUT2D eigenvalue weighted by molar-refractivity contribution is -0.253. The zero-order valence-corrected chi connectivity index (χ0v) is 9.84. The summed E-state index contributed by atoms with van der Waals surface area (Å²) in [5.41, 5.74) is 5.76. The van der Waals surface area contributed by atoms with Crippen molar-refractivity contribution in [3.63, 3.8) is 0 Å². The van der Waals surface area contributed by atoms with Crippen LogP contribution in [0.15, 0.2) is 24.3 Å². The lowest BCUT2D eigenvalue weighted by atomic mass is 10.1. The van der Waals surface area contributed by atoms with Crippen molar-refractivity contribution in [1.82, 2.24) is 0 Å². The van der Waals surface area contributed by atoms with Crippen LogP contribution in [0.2, 0.25) is 0 Å². The highest BCUT2D eigenvalue weighted by atomic mass is 35.5. The maximum Gasteiger partial charge on any atom is 0.461 e. The molecule has 0 fully saturated rings. The number of aliphatic hydroxyl groups excluding tert-OH is 1. The van der Waals surface area contributed by atoms with Crippen molar-refractivity contribution in [2.75, 3.05) is 6.61 Å². The quantitative estimate of drug-likeness (QED) is 0.818. The normalized spacial score (nSPS) is 13.1. The van der Waals surface area contributed by atoms with Gasteiger partial charge in [0.15, 0.2) is 0 Å². The zero-order chi connectivity index (χ0) is 13.1. The van der Waals surface area contributed by atoms with Gasteiger partial charge in [-0.1, -0.05) is 12.1 Å². The zero-order valence-electron chi connectivity index (χ0n) is 9.02. The molecule has 18 heavy (non-hydrogen) atoms. The second-order valence-corrected chi connectivity index (χ2v) is 3.33. The van der Waals surface area contributed by atoms with E-state index in [1.165, 1.54) is 12.1 Å². The highest BCUT2D eigenvalue weighted by Crippen LogP contribution is 2.28.